The molecule has 1 fully saturated rings. The minimum absolute atomic E-state index is 0.257. The number of methoxy groups -OCH3 is 2. The van der Waals surface area contributed by atoms with Crippen molar-refractivity contribution in [1.82, 2.24) is 14.9 Å². The fourth-order valence-electron chi connectivity index (χ4n) is 5.21. The SMILES string of the molecule is COC(=O)c1ccccc1-n1cccc1[C@H]1[C@@H](c2ccccn2)NC(=S)N1c1ccc(Oc2ccc(OC)cc2)cc1. The van der Waals surface area contributed by atoms with Crippen LogP contribution in [0.4, 0.5) is 5.69 Å². The Morgan fingerprint density at radius 2 is 1.52 bits per heavy atom. The van der Waals surface area contributed by atoms with E-state index in [0.29, 0.717) is 27.9 Å². The largest absolute Gasteiger partial charge is 0.497 e. The molecule has 0 radical (unpaired) electrons. The van der Waals surface area contributed by atoms with Crippen molar-refractivity contribution in [3.63, 3.8) is 0 Å². The topological polar surface area (TPSA) is 77.9 Å². The first-order valence-electron chi connectivity index (χ1n) is 13.3. The first-order chi connectivity index (χ1) is 20.6. The van der Waals surface area contributed by atoms with Crippen LogP contribution >= 0.6 is 12.2 Å². The number of para-hydroxylation sites is 1. The summed E-state index contributed by atoms with van der Waals surface area (Å²) in [5.74, 6) is 1.75. The van der Waals surface area contributed by atoms with Crippen LogP contribution < -0.4 is 19.7 Å². The number of aromatic nitrogens is 2. The van der Waals surface area contributed by atoms with E-state index in [4.69, 9.17) is 26.4 Å². The molecule has 0 unspecified atom stereocenters. The number of anilines is 1. The molecule has 5 aromatic rings. The van der Waals surface area contributed by atoms with Gasteiger partial charge in [-0.1, -0.05) is 18.2 Å². The summed E-state index contributed by atoms with van der Waals surface area (Å²) in [7, 11) is 3.02. The highest BCUT2D eigenvalue weighted by Gasteiger charge is 2.42. The number of carbonyl (C=O) groups excluding carboxylic acids is 1. The van der Waals surface area contributed by atoms with Crippen LogP contribution in [0.5, 0.6) is 17.2 Å². The molecule has 1 aliphatic rings. The number of benzene rings is 3. The van der Waals surface area contributed by atoms with E-state index in [-0.39, 0.29) is 12.1 Å². The van der Waals surface area contributed by atoms with Crippen molar-refractivity contribution in [2.75, 3.05) is 19.1 Å². The lowest BCUT2D eigenvalue weighted by Gasteiger charge is -2.29. The number of esters is 1. The molecule has 3 heterocycles. The van der Waals surface area contributed by atoms with Gasteiger partial charge in [-0.25, -0.2) is 4.79 Å². The van der Waals surface area contributed by atoms with Crippen LogP contribution in [-0.4, -0.2) is 34.9 Å². The molecule has 42 heavy (non-hydrogen) atoms. The Labute approximate surface area is 249 Å². The van der Waals surface area contributed by atoms with Gasteiger partial charge in [0.05, 0.1) is 37.2 Å². The van der Waals surface area contributed by atoms with Crippen molar-refractivity contribution in [2.24, 2.45) is 0 Å². The standard InChI is InChI=1S/C33H28N4O4S/c1-39-23-16-18-25(19-17-23)41-24-14-12-22(13-15-24)37-31(30(35-33(37)42)27-9-5-6-20-34-27)29-11-7-21-36(29)28-10-4-3-8-26(28)32(38)40-2/h3-21,30-31H,1-2H3,(H,35,42)/t30-,31+/m1/s1. The van der Waals surface area contributed by atoms with E-state index in [9.17, 15) is 4.79 Å². The minimum atomic E-state index is -0.407. The monoisotopic (exact) mass is 576 g/mol. The summed E-state index contributed by atoms with van der Waals surface area (Å²) in [5, 5.41) is 4.06. The van der Waals surface area contributed by atoms with E-state index in [2.05, 4.69) is 15.2 Å². The average Bonchev–Trinajstić information content (AvgIpc) is 3.66. The summed E-state index contributed by atoms with van der Waals surface area (Å²) in [4.78, 5) is 19.4. The maximum Gasteiger partial charge on any atom is 0.339 e. The Bertz CT molecular complexity index is 1700. The smallest absolute Gasteiger partial charge is 0.339 e. The second-order valence-corrected chi connectivity index (χ2v) is 9.97. The van der Waals surface area contributed by atoms with Gasteiger partial charge in [0.15, 0.2) is 5.11 Å². The van der Waals surface area contributed by atoms with Crippen molar-refractivity contribution < 1.29 is 19.0 Å². The predicted molar refractivity (Wildman–Crippen MR) is 165 cm³/mol. The molecule has 2 atom stereocenters. The number of pyridine rings is 1. The zero-order valence-corrected chi connectivity index (χ0v) is 23.8. The molecule has 0 amide bonds. The van der Waals surface area contributed by atoms with Crippen LogP contribution in [0.15, 0.2) is 116 Å². The maximum atomic E-state index is 12.7. The molecule has 210 valence electrons. The number of hydrogen-bond acceptors (Lipinski definition) is 6. The van der Waals surface area contributed by atoms with Crippen molar-refractivity contribution in [2.45, 2.75) is 12.1 Å². The zero-order valence-electron chi connectivity index (χ0n) is 23.0. The molecule has 8 nitrogen and oxygen atoms in total. The molecule has 9 heteroatoms. The van der Waals surface area contributed by atoms with E-state index in [1.54, 1.807) is 19.4 Å². The Morgan fingerprint density at radius 1 is 0.833 bits per heavy atom. The molecular formula is C33H28N4O4S. The van der Waals surface area contributed by atoms with Gasteiger partial charge in [0.25, 0.3) is 0 Å². The van der Waals surface area contributed by atoms with E-state index in [0.717, 1.165) is 22.8 Å². The summed E-state index contributed by atoms with van der Waals surface area (Å²) >= 11 is 5.92. The third kappa shape index (κ3) is 5.17. The van der Waals surface area contributed by atoms with E-state index in [1.807, 2.05) is 108 Å². The molecule has 1 aliphatic heterocycles. The fraction of sp³-hybridized carbons (Fsp3) is 0.121. The summed E-state index contributed by atoms with van der Waals surface area (Å²) in [6, 6.07) is 31.9. The average molecular weight is 577 g/mol. The van der Waals surface area contributed by atoms with Gasteiger partial charge in [-0.05, 0) is 97.1 Å². The number of hydrogen-bond donors (Lipinski definition) is 1. The number of nitrogens with one attached hydrogen (secondary N) is 1. The van der Waals surface area contributed by atoms with Gasteiger partial charge in [-0.2, -0.15) is 0 Å². The molecular weight excluding hydrogens is 548 g/mol. The summed E-state index contributed by atoms with van der Waals surface area (Å²) in [6.07, 6.45) is 3.72. The van der Waals surface area contributed by atoms with Gasteiger partial charge in [-0.15, -0.1) is 0 Å². The van der Waals surface area contributed by atoms with Crippen LogP contribution in [0.2, 0.25) is 0 Å². The van der Waals surface area contributed by atoms with Crippen molar-refractivity contribution in [3.05, 3.63) is 132 Å². The third-order valence-electron chi connectivity index (χ3n) is 7.16. The third-order valence-corrected chi connectivity index (χ3v) is 7.47. The maximum absolute atomic E-state index is 12.7. The Hall–Kier alpha value is -5.15. The normalized spacial score (nSPS) is 16.1. The predicted octanol–water partition coefficient (Wildman–Crippen LogP) is 6.64. The van der Waals surface area contributed by atoms with Crippen LogP contribution in [0, 0.1) is 0 Å². The summed E-state index contributed by atoms with van der Waals surface area (Å²) in [6.45, 7) is 0. The molecule has 1 saturated heterocycles. The molecule has 0 saturated carbocycles. The molecule has 3 aromatic carbocycles. The van der Waals surface area contributed by atoms with Gasteiger partial charge in [0, 0.05) is 23.8 Å². The van der Waals surface area contributed by atoms with Crippen LogP contribution in [0.3, 0.4) is 0 Å². The lowest BCUT2D eigenvalue weighted by molar-refractivity contribution is 0.0600. The molecule has 0 bridgehead atoms. The number of carbonyl (C=O) groups is 1. The first-order valence-corrected chi connectivity index (χ1v) is 13.8. The van der Waals surface area contributed by atoms with Crippen LogP contribution in [0.25, 0.3) is 5.69 Å². The van der Waals surface area contributed by atoms with E-state index >= 15 is 0 Å². The van der Waals surface area contributed by atoms with Crippen molar-refractivity contribution >= 4 is 29.0 Å². The Kier molecular flexibility index (Phi) is 7.57. The zero-order chi connectivity index (χ0) is 29.1. The van der Waals surface area contributed by atoms with Gasteiger partial charge in [-0.3, -0.25) is 4.98 Å². The van der Waals surface area contributed by atoms with E-state index in [1.165, 1.54) is 7.11 Å². The highest BCUT2D eigenvalue weighted by molar-refractivity contribution is 7.80. The minimum Gasteiger partial charge on any atom is -0.497 e. The molecule has 1 N–H and O–H groups in total. The van der Waals surface area contributed by atoms with Crippen molar-refractivity contribution in [1.29, 1.82) is 0 Å². The lowest BCUT2D eigenvalue weighted by atomic mass is 10.0. The summed E-state index contributed by atoms with van der Waals surface area (Å²) in [5.41, 5.74) is 3.83. The van der Waals surface area contributed by atoms with Crippen LogP contribution in [-0.2, 0) is 4.74 Å². The quantitative estimate of drug-likeness (QED) is 0.163. The Balaban J connectivity index is 1.39. The first kappa shape index (κ1) is 27.0. The number of thiocarbonyl (C=S) groups is 1. The van der Waals surface area contributed by atoms with Gasteiger partial charge < -0.3 is 29.0 Å². The van der Waals surface area contributed by atoms with Gasteiger partial charge in [0.2, 0.25) is 0 Å². The number of nitrogens with zero attached hydrogens (tertiary/aromatic N) is 3. The van der Waals surface area contributed by atoms with Gasteiger partial charge in [0.1, 0.15) is 23.3 Å². The number of ether oxygens (including phenoxy) is 3. The van der Waals surface area contributed by atoms with Crippen molar-refractivity contribution in [3.8, 4) is 22.9 Å². The molecule has 2 aromatic heterocycles. The fourth-order valence-corrected chi connectivity index (χ4v) is 5.55. The number of rotatable bonds is 8. The van der Waals surface area contributed by atoms with Gasteiger partial charge >= 0.3 is 5.97 Å². The second kappa shape index (κ2) is 11.8. The highest BCUT2D eigenvalue weighted by Crippen LogP contribution is 2.43. The molecule has 0 aliphatic carbocycles. The summed E-state index contributed by atoms with van der Waals surface area (Å²) < 4.78 is 18.4. The molecule has 6 rings (SSSR count). The lowest BCUT2D eigenvalue weighted by Crippen LogP contribution is -2.30. The second-order valence-electron chi connectivity index (χ2n) is 9.58. The van der Waals surface area contributed by atoms with E-state index < -0.39 is 5.97 Å². The highest BCUT2D eigenvalue weighted by atomic mass is 32.1. The Morgan fingerprint density at radius 3 is 2.21 bits per heavy atom. The molecule has 0 spiro atoms. The van der Waals surface area contributed by atoms with Crippen LogP contribution in [0.1, 0.15) is 33.8 Å².